The van der Waals surface area contributed by atoms with Gasteiger partial charge in [0.1, 0.15) is 23.7 Å². The summed E-state index contributed by atoms with van der Waals surface area (Å²) in [5.41, 5.74) is 7.23. The normalized spacial score (nSPS) is 22.5. The van der Waals surface area contributed by atoms with E-state index in [1.54, 1.807) is 27.7 Å². The van der Waals surface area contributed by atoms with Crippen LogP contribution in [0.3, 0.4) is 0 Å². The Labute approximate surface area is 238 Å². The summed E-state index contributed by atoms with van der Waals surface area (Å²) in [4.78, 5) is 56.0. The van der Waals surface area contributed by atoms with Gasteiger partial charge in [0.2, 0.25) is 17.7 Å². The van der Waals surface area contributed by atoms with E-state index in [9.17, 15) is 19.2 Å². The van der Waals surface area contributed by atoms with E-state index in [1.807, 2.05) is 39.0 Å². The van der Waals surface area contributed by atoms with Gasteiger partial charge >= 0.3 is 6.09 Å². The van der Waals surface area contributed by atoms with Crippen LogP contribution in [0.5, 0.6) is 0 Å². The van der Waals surface area contributed by atoms with Crippen molar-refractivity contribution in [1.29, 1.82) is 0 Å². The smallest absolute Gasteiger partial charge is 0.410 e. The van der Waals surface area contributed by atoms with Crippen molar-refractivity contribution in [2.24, 2.45) is 11.1 Å². The van der Waals surface area contributed by atoms with Crippen LogP contribution in [0, 0.1) is 5.41 Å². The lowest BCUT2D eigenvalue weighted by atomic mass is 9.85. The summed E-state index contributed by atoms with van der Waals surface area (Å²) >= 11 is 0. The Morgan fingerprint density at radius 1 is 1.10 bits per heavy atom. The quantitative estimate of drug-likeness (QED) is 0.493. The third-order valence-electron chi connectivity index (χ3n) is 7.65. The highest BCUT2D eigenvalue weighted by Crippen LogP contribution is 2.31. The summed E-state index contributed by atoms with van der Waals surface area (Å²) in [6, 6.07) is 5.08. The Hall–Kier alpha value is -3.14. The molecule has 3 unspecified atom stereocenters. The second kappa shape index (κ2) is 12.2. The minimum Gasteiger partial charge on any atom is -0.444 e. The van der Waals surface area contributed by atoms with Crippen molar-refractivity contribution in [3.63, 3.8) is 0 Å². The summed E-state index contributed by atoms with van der Waals surface area (Å²) in [6.07, 6.45) is 2.49. The summed E-state index contributed by atoms with van der Waals surface area (Å²) in [6.45, 7) is 12.6. The molecule has 1 aliphatic heterocycles. The molecule has 0 saturated carbocycles. The number of carbonyl (C=O) groups is 4. The Morgan fingerprint density at radius 3 is 2.38 bits per heavy atom. The van der Waals surface area contributed by atoms with Crippen molar-refractivity contribution >= 4 is 23.8 Å². The van der Waals surface area contributed by atoms with Gasteiger partial charge in [-0.1, -0.05) is 45.0 Å². The number of nitrogens with one attached hydrogen (secondary N) is 2. The van der Waals surface area contributed by atoms with Crippen LogP contribution in [0.15, 0.2) is 24.3 Å². The zero-order valence-electron chi connectivity index (χ0n) is 25.2. The van der Waals surface area contributed by atoms with E-state index in [4.69, 9.17) is 10.5 Å². The maximum atomic E-state index is 14.0. The number of fused-ring (bicyclic) bond motifs is 1. The molecule has 0 bridgehead atoms. The van der Waals surface area contributed by atoms with E-state index in [2.05, 4.69) is 16.7 Å². The van der Waals surface area contributed by atoms with Gasteiger partial charge in [-0.2, -0.15) is 0 Å². The first-order chi connectivity index (χ1) is 18.5. The average Bonchev–Trinajstić information content (AvgIpc) is 3.26. The number of hydrogen-bond acceptors (Lipinski definition) is 6. The molecule has 10 nitrogen and oxygen atoms in total. The number of hydrogen-bond donors (Lipinski definition) is 3. The zero-order valence-corrected chi connectivity index (χ0v) is 25.2. The molecule has 4 amide bonds. The van der Waals surface area contributed by atoms with Crippen molar-refractivity contribution in [1.82, 2.24) is 20.4 Å². The highest BCUT2D eigenvalue weighted by Gasteiger charge is 2.45. The Balaban J connectivity index is 1.75. The zero-order chi connectivity index (χ0) is 30.0. The number of likely N-dealkylation sites (N-methyl/N-ethyl adjacent to an activating group) is 1. The number of aryl methyl sites for hydroxylation is 1. The van der Waals surface area contributed by atoms with Crippen LogP contribution in [-0.2, 0) is 25.5 Å². The Bertz CT molecular complexity index is 1110. The van der Waals surface area contributed by atoms with Crippen LogP contribution in [0.2, 0.25) is 0 Å². The number of rotatable bonds is 6. The van der Waals surface area contributed by atoms with Crippen molar-refractivity contribution in [3.05, 3.63) is 35.4 Å². The predicted molar refractivity (Wildman–Crippen MR) is 153 cm³/mol. The first kappa shape index (κ1) is 31.4. The largest absolute Gasteiger partial charge is 0.444 e. The van der Waals surface area contributed by atoms with Gasteiger partial charge in [0.05, 0.1) is 6.04 Å². The number of likely N-dealkylation sites (tertiary alicyclic amines) is 1. The van der Waals surface area contributed by atoms with Gasteiger partial charge in [-0.25, -0.2) is 4.79 Å². The van der Waals surface area contributed by atoms with E-state index in [0.717, 1.165) is 24.8 Å². The molecule has 1 fully saturated rings. The Kier molecular flexibility index (Phi) is 9.54. The van der Waals surface area contributed by atoms with Crippen LogP contribution in [0.4, 0.5) is 4.79 Å². The topological polar surface area (TPSA) is 134 Å². The molecular weight excluding hydrogens is 510 g/mol. The molecule has 1 aromatic rings. The minimum atomic E-state index is -0.939. The third-order valence-corrected chi connectivity index (χ3v) is 7.65. The maximum Gasteiger partial charge on any atom is 0.410 e. The van der Waals surface area contributed by atoms with Crippen molar-refractivity contribution in [3.8, 4) is 0 Å². The minimum absolute atomic E-state index is 0.117. The molecular formula is C30H47N5O5. The third kappa shape index (κ3) is 7.53. The molecule has 0 spiro atoms. The van der Waals surface area contributed by atoms with E-state index in [-0.39, 0.29) is 30.4 Å². The van der Waals surface area contributed by atoms with Crippen LogP contribution >= 0.6 is 0 Å². The monoisotopic (exact) mass is 557 g/mol. The predicted octanol–water partition coefficient (Wildman–Crippen LogP) is 2.89. The molecule has 1 heterocycles. The van der Waals surface area contributed by atoms with Gasteiger partial charge < -0.3 is 26.0 Å². The second-order valence-electron chi connectivity index (χ2n) is 13.2. The lowest BCUT2D eigenvalue weighted by molar-refractivity contribution is -0.144. The molecule has 3 rings (SSSR count). The number of carbonyl (C=O) groups excluding carboxylic acids is 4. The number of ether oxygens (including phenoxy) is 1. The van der Waals surface area contributed by atoms with Crippen molar-refractivity contribution in [2.75, 3.05) is 13.6 Å². The first-order valence-electron chi connectivity index (χ1n) is 14.2. The average molecular weight is 558 g/mol. The molecule has 5 atom stereocenters. The van der Waals surface area contributed by atoms with Gasteiger partial charge in [0.25, 0.3) is 0 Å². The molecule has 40 heavy (non-hydrogen) atoms. The van der Waals surface area contributed by atoms with Crippen LogP contribution in [0.1, 0.15) is 84.9 Å². The highest BCUT2D eigenvalue weighted by molar-refractivity contribution is 5.94. The van der Waals surface area contributed by atoms with Gasteiger partial charge in [-0.05, 0) is 69.9 Å². The second-order valence-corrected chi connectivity index (χ2v) is 13.2. The summed E-state index contributed by atoms with van der Waals surface area (Å²) < 4.78 is 5.38. The van der Waals surface area contributed by atoms with E-state index in [1.165, 1.54) is 22.4 Å². The van der Waals surface area contributed by atoms with E-state index < -0.39 is 41.1 Å². The number of nitrogens with two attached hydrogens (primary N) is 1. The fraction of sp³-hybridized carbons (Fsp3) is 0.667. The summed E-state index contributed by atoms with van der Waals surface area (Å²) in [7, 11) is 1.48. The van der Waals surface area contributed by atoms with Crippen molar-refractivity contribution < 1.29 is 23.9 Å². The maximum absolute atomic E-state index is 14.0. The number of amides is 4. The van der Waals surface area contributed by atoms with Gasteiger partial charge in [-0.3, -0.25) is 19.3 Å². The molecule has 2 aliphatic rings. The molecule has 1 aliphatic carbocycles. The summed E-state index contributed by atoms with van der Waals surface area (Å²) in [5.74, 6) is -1.10. The standard InChI is InChI=1S/C30H47N5O5/c1-18(34(8)28(39)40-30(5,6)7)25(36)33-24(29(2,3)4)27(38)35-17-20(31)16-23(35)26(37)32-22-15-11-13-19-12-9-10-14-21(19)22/h9-10,12,14,18,20,22-24H,11,13,15-17,31H2,1-8H3,(H,32,37)(H,33,36)/t18-,20?,22?,23?,24+/m0/s1. The van der Waals surface area contributed by atoms with Crippen LogP contribution < -0.4 is 16.4 Å². The fourth-order valence-electron chi connectivity index (χ4n) is 5.28. The molecule has 4 N–H and O–H groups in total. The fourth-order valence-corrected chi connectivity index (χ4v) is 5.28. The lowest BCUT2D eigenvalue weighted by Crippen LogP contribution is -2.60. The highest BCUT2D eigenvalue weighted by atomic mass is 16.6. The number of nitrogens with zero attached hydrogens (tertiary/aromatic N) is 2. The van der Waals surface area contributed by atoms with Crippen LogP contribution in [0.25, 0.3) is 0 Å². The van der Waals surface area contributed by atoms with E-state index >= 15 is 0 Å². The first-order valence-corrected chi connectivity index (χ1v) is 14.2. The van der Waals surface area contributed by atoms with Crippen LogP contribution in [-0.4, -0.2) is 77.0 Å². The molecule has 222 valence electrons. The van der Waals surface area contributed by atoms with Gasteiger partial charge in [-0.15, -0.1) is 0 Å². The van der Waals surface area contributed by atoms with E-state index in [0.29, 0.717) is 6.42 Å². The molecule has 1 aromatic carbocycles. The lowest BCUT2D eigenvalue weighted by Gasteiger charge is -2.37. The Morgan fingerprint density at radius 2 is 1.75 bits per heavy atom. The molecule has 0 radical (unpaired) electrons. The number of benzene rings is 1. The molecule has 1 saturated heterocycles. The van der Waals surface area contributed by atoms with Crippen molar-refractivity contribution in [2.45, 2.75) is 110 Å². The molecule has 10 heteroatoms. The van der Waals surface area contributed by atoms with Gasteiger partial charge in [0, 0.05) is 19.6 Å². The summed E-state index contributed by atoms with van der Waals surface area (Å²) in [5, 5.41) is 6.02. The van der Waals surface area contributed by atoms with Gasteiger partial charge in [0.15, 0.2) is 0 Å². The SMILES string of the molecule is C[C@@H](C(=O)N[C@H](C(=O)N1CC(N)CC1C(=O)NC1CCCc2ccccc21)C(C)(C)C)N(C)C(=O)OC(C)(C)C. The molecule has 0 aromatic heterocycles.